The Morgan fingerprint density at radius 3 is 2.54 bits per heavy atom. The minimum atomic E-state index is -0.146. The summed E-state index contributed by atoms with van der Waals surface area (Å²) in [6, 6.07) is 13.2. The third-order valence-corrected chi connectivity index (χ3v) is 5.33. The van der Waals surface area contributed by atoms with Crippen molar-refractivity contribution in [1.82, 2.24) is 4.90 Å². The molecular weight excluding hydrogens is 328 g/mol. The first kappa shape index (κ1) is 18.4. The molecule has 0 spiro atoms. The number of hydrogen-bond donors (Lipinski definition) is 3. The van der Waals surface area contributed by atoms with Crippen LogP contribution in [0.3, 0.4) is 0 Å². The third kappa shape index (κ3) is 4.06. The molecule has 4 N–H and O–H groups in total. The van der Waals surface area contributed by atoms with Crippen molar-refractivity contribution < 1.29 is 15.0 Å². The number of carbonyl (C=O) groups is 1. The second-order valence-corrected chi connectivity index (χ2v) is 6.93. The van der Waals surface area contributed by atoms with Gasteiger partial charge in [-0.15, -0.1) is 0 Å². The summed E-state index contributed by atoms with van der Waals surface area (Å²) in [4.78, 5) is 13.5. The molecule has 5 heteroatoms. The van der Waals surface area contributed by atoms with E-state index in [1.54, 1.807) is 12.1 Å². The van der Waals surface area contributed by atoms with Crippen molar-refractivity contribution in [2.45, 2.75) is 37.8 Å². The Balaban J connectivity index is 1.71. The highest BCUT2D eigenvalue weighted by atomic mass is 16.3. The number of nitrogens with two attached hydrogens (primary N) is 1. The molecule has 0 aromatic heterocycles. The predicted molar refractivity (Wildman–Crippen MR) is 101 cm³/mol. The van der Waals surface area contributed by atoms with E-state index in [2.05, 4.69) is 29.2 Å². The first-order valence-electron chi connectivity index (χ1n) is 9.11. The number of aldehydes is 1. The van der Waals surface area contributed by atoms with Gasteiger partial charge in [0.15, 0.2) is 11.5 Å². The Morgan fingerprint density at radius 2 is 1.88 bits per heavy atom. The summed E-state index contributed by atoms with van der Waals surface area (Å²) in [5.74, 6) is 0.215. The molecule has 0 amide bonds. The highest BCUT2D eigenvalue weighted by Crippen LogP contribution is 2.36. The van der Waals surface area contributed by atoms with Crippen molar-refractivity contribution >= 4 is 6.29 Å². The summed E-state index contributed by atoms with van der Waals surface area (Å²) < 4.78 is 0. The maximum Gasteiger partial charge on any atom is 0.157 e. The van der Waals surface area contributed by atoms with Gasteiger partial charge in [-0.05, 0) is 60.7 Å². The van der Waals surface area contributed by atoms with Crippen molar-refractivity contribution in [2.24, 2.45) is 5.73 Å². The van der Waals surface area contributed by atoms with Crippen molar-refractivity contribution in [1.29, 1.82) is 0 Å². The van der Waals surface area contributed by atoms with Gasteiger partial charge in [-0.2, -0.15) is 0 Å². The lowest BCUT2D eigenvalue weighted by Crippen LogP contribution is -2.36. The first-order valence-corrected chi connectivity index (χ1v) is 9.11. The monoisotopic (exact) mass is 354 g/mol. The molecule has 26 heavy (non-hydrogen) atoms. The molecule has 0 aliphatic carbocycles. The van der Waals surface area contributed by atoms with Crippen LogP contribution in [0.5, 0.6) is 11.5 Å². The first-order chi connectivity index (χ1) is 12.6. The summed E-state index contributed by atoms with van der Waals surface area (Å²) in [5.41, 5.74) is 9.10. The fraction of sp³-hybridized carbons (Fsp3) is 0.381. The van der Waals surface area contributed by atoms with Gasteiger partial charge in [0.2, 0.25) is 0 Å². The maximum atomic E-state index is 11.2. The fourth-order valence-electron chi connectivity index (χ4n) is 3.85. The van der Waals surface area contributed by atoms with E-state index in [9.17, 15) is 15.0 Å². The van der Waals surface area contributed by atoms with E-state index in [0.29, 0.717) is 18.9 Å². The van der Waals surface area contributed by atoms with E-state index in [1.807, 2.05) is 0 Å². The SMILES string of the molecule is NCc1cccc(C2CCN(C(CC=O)c3ccc(O)c(O)c3)CC2)c1. The highest BCUT2D eigenvalue weighted by Gasteiger charge is 2.27. The molecular formula is C21H26N2O3. The number of piperidine rings is 1. The average Bonchev–Trinajstić information content (AvgIpc) is 2.68. The Hall–Kier alpha value is -2.37. The average molecular weight is 354 g/mol. The largest absolute Gasteiger partial charge is 0.504 e. The van der Waals surface area contributed by atoms with Crippen LogP contribution in [-0.4, -0.2) is 34.5 Å². The molecule has 5 nitrogen and oxygen atoms in total. The Bertz CT molecular complexity index is 755. The summed E-state index contributed by atoms with van der Waals surface area (Å²) in [5, 5.41) is 19.3. The summed E-state index contributed by atoms with van der Waals surface area (Å²) in [6.45, 7) is 2.33. The van der Waals surface area contributed by atoms with Crippen molar-refractivity contribution in [3.63, 3.8) is 0 Å². The van der Waals surface area contributed by atoms with E-state index in [4.69, 9.17) is 5.73 Å². The van der Waals surface area contributed by atoms with Crippen LogP contribution in [0.2, 0.25) is 0 Å². The second kappa shape index (κ2) is 8.34. The van der Waals surface area contributed by atoms with Crippen LogP contribution in [-0.2, 0) is 11.3 Å². The Morgan fingerprint density at radius 1 is 1.12 bits per heavy atom. The molecule has 0 bridgehead atoms. The normalized spacial score (nSPS) is 17.1. The molecule has 1 fully saturated rings. The predicted octanol–water partition coefficient (Wildman–Crippen LogP) is 3.07. The lowest BCUT2D eigenvalue weighted by Gasteiger charge is -2.37. The second-order valence-electron chi connectivity index (χ2n) is 6.93. The Kier molecular flexibility index (Phi) is 5.91. The van der Waals surface area contributed by atoms with Gasteiger partial charge in [0.25, 0.3) is 0 Å². The van der Waals surface area contributed by atoms with Crippen molar-refractivity contribution in [2.75, 3.05) is 13.1 Å². The number of rotatable bonds is 6. The third-order valence-electron chi connectivity index (χ3n) is 5.33. The smallest absolute Gasteiger partial charge is 0.157 e. The van der Waals surface area contributed by atoms with Crippen LogP contribution in [0.1, 0.15) is 47.9 Å². The lowest BCUT2D eigenvalue weighted by molar-refractivity contribution is -0.109. The molecule has 1 atom stereocenters. The summed E-state index contributed by atoms with van der Waals surface area (Å²) >= 11 is 0. The zero-order valence-electron chi connectivity index (χ0n) is 14.8. The van der Waals surface area contributed by atoms with Crippen molar-refractivity contribution in [3.05, 3.63) is 59.2 Å². The maximum absolute atomic E-state index is 11.2. The summed E-state index contributed by atoms with van der Waals surface area (Å²) in [7, 11) is 0. The minimum absolute atomic E-state index is 0.0738. The number of aromatic hydroxyl groups is 2. The van der Waals surface area contributed by atoms with E-state index in [-0.39, 0.29) is 17.5 Å². The molecule has 1 unspecified atom stereocenters. The van der Waals surface area contributed by atoms with Gasteiger partial charge in [0.1, 0.15) is 6.29 Å². The van der Waals surface area contributed by atoms with Crippen molar-refractivity contribution in [3.8, 4) is 11.5 Å². The van der Waals surface area contributed by atoms with E-state index < -0.39 is 0 Å². The van der Waals surface area contributed by atoms with Crippen LogP contribution >= 0.6 is 0 Å². The number of nitrogens with zero attached hydrogens (tertiary/aromatic N) is 1. The van der Waals surface area contributed by atoms with Gasteiger partial charge in [-0.25, -0.2) is 0 Å². The standard InChI is InChI=1S/C21H26N2O3/c22-14-15-2-1-3-17(12-15)16-6-9-23(10-7-16)19(8-11-24)18-4-5-20(25)21(26)13-18/h1-5,11-13,16,19,25-26H,6-10,14,22H2. The molecule has 2 aromatic rings. The quantitative estimate of drug-likeness (QED) is 0.548. The number of phenolic OH excluding ortho intramolecular Hbond substituents is 2. The molecule has 1 saturated heterocycles. The summed E-state index contributed by atoms with van der Waals surface area (Å²) in [6.07, 6.45) is 3.34. The van der Waals surface area contributed by atoms with E-state index in [0.717, 1.165) is 43.3 Å². The minimum Gasteiger partial charge on any atom is -0.504 e. The molecule has 1 aliphatic heterocycles. The molecule has 138 valence electrons. The van der Waals surface area contributed by atoms with Crippen LogP contribution in [0.15, 0.2) is 42.5 Å². The van der Waals surface area contributed by atoms with Gasteiger partial charge < -0.3 is 20.7 Å². The van der Waals surface area contributed by atoms with Crippen LogP contribution < -0.4 is 5.73 Å². The van der Waals surface area contributed by atoms with Crippen LogP contribution in [0.4, 0.5) is 0 Å². The molecule has 2 aromatic carbocycles. The van der Waals surface area contributed by atoms with E-state index in [1.165, 1.54) is 11.6 Å². The topological polar surface area (TPSA) is 86.8 Å². The highest BCUT2D eigenvalue weighted by molar-refractivity contribution is 5.52. The zero-order valence-corrected chi connectivity index (χ0v) is 14.8. The van der Waals surface area contributed by atoms with E-state index >= 15 is 0 Å². The van der Waals surface area contributed by atoms with Gasteiger partial charge in [-0.3, -0.25) is 4.90 Å². The van der Waals surface area contributed by atoms with Gasteiger partial charge >= 0.3 is 0 Å². The van der Waals surface area contributed by atoms with Gasteiger partial charge in [0, 0.05) is 19.0 Å². The fourth-order valence-corrected chi connectivity index (χ4v) is 3.85. The number of likely N-dealkylation sites (tertiary alicyclic amines) is 1. The van der Waals surface area contributed by atoms with Crippen LogP contribution in [0.25, 0.3) is 0 Å². The number of carbonyl (C=O) groups excluding carboxylic acids is 1. The van der Waals surface area contributed by atoms with Crippen LogP contribution in [0, 0.1) is 0 Å². The molecule has 1 heterocycles. The number of hydrogen-bond acceptors (Lipinski definition) is 5. The zero-order chi connectivity index (χ0) is 18.5. The lowest BCUT2D eigenvalue weighted by atomic mass is 9.87. The van der Waals surface area contributed by atoms with Gasteiger partial charge in [0.05, 0.1) is 0 Å². The number of phenols is 2. The molecule has 3 rings (SSSR count). The molecule has 1 aliphatic rings. The van der Waals surface area contributed by atoms with Gasteiger partial charge in [-0.1, -0.05) is 30.3 Å². The Labute approximate surface area is 154 Å². The number of benzene rings is 2. The molecule has 0 saturated carbocycles. The molecule has 0 radical (unpaired) electrons.